The number of alkyl halides is 3. The first-order valence-corrected chi connectivity index (χ1v) is 8.73. The molecule has 1 aromatic carbocycles. The highest BCUT2D eigenvalue weighted by Crippen LogP contribution is 2.33. The van der Waals surface area contributed by atoms with E-state index in [0.29, 0.717) is 13.1 Å². The maximum atomic E-state index is 12.6. The number of aromatic nitrogens is 2. The van der Waals surface area contributed by atoms with Gasteiger partial charge in [-0.05, 0) is 36.6 Å². The molecule has 2 aliphatic rings. The number of para-hydroxylation sites is 1. The van der Waals surface area contributed by atoms with Crippen LogP contribution in [-0.4, -0.2) is 46.8 Å². The zero-order valence-corrected chi connectivity index (χ0v) is 14.4. The molecule has 1 saturated heterocycles. The average Bonchev–Trinajstić information content (AvgIpc) is 2.84. The SMILES string of the molecule is O=C(Nc1ccc(C(F)(F)F)nn1)N1CCCN2c3ccccc3C[C@@H]2C1. The van der Waals surface area contributed by atoms with Gasteiger partial charge < -0.3 is 9.80 Å². The van der Waals surface area contributed by atoms with Gasteiger partial charge in [-0.2, -0.15) is 13.2 Å². The molecule has 1 atom stereocenters. The Bertz CT molecular complexity index is 840. The van der Waals surface area contributed by atoms with E-state index >= 15 is 0 Å². The Hall–Kier alpha value is -2.84. The van der Waals surface area contributed by atoms with Gasteiger partial charge >= 0.3 is 12.2 Å². The molecule has 27 heavy (non-hydrogen) atoms. The van der Waals surface area contributed by atoms with Gasteiger partial charge in [0.25, 0.3) is 0 Å². The number of rotatable bonds is 1. The molecule has 1 fully saturated rings. The quantitative estimate of drug-likeness (QED) is 0.829. The number of carbonyl (C=O) groups excluding carboxylic acids is 1. The normalized spacial score (nSPS) is 19.3. The Labute approximate surface area is 154 Å². The Balaban J connectivity index is 1.43. The number of nitrogens with zero attached hydrogens (tertiary/aromatic N) is 4. The van der Waals surface area contributed by atoms with Gasteiger partial charge in [0, 0.05) is 25.3 Å². The van der Waals surface area contributed by atoms with Gasteiger partial charge in [0.05, 0.1) is 6.04 Å². The molecule has 142 valence electrons. The summed E-state index contributed by atoms with van der Waals surface area (Å²) in [6, 6.07) is 9.98. The molecule has 0 spiro atoms. The van der Waals surface area contributed by atoms with Crippen molar-refractivity contribution in [1.82, 2.24) is 15.1 Å². The highest BCUT2D eigenvalue weighted by atomic mass is 19.4. The molecule has 1 aromatic heterocycles. The zero-order valence-electron chi connectivity index (χ0n) is 14.4. The van der Waals surface area contributed by atoms with E-state index < -0.39 is 11.9 Å². The fraction of sp³-hybridized carbons (Fsp3) is 0.389. The van der Waals surface area contributed by atoms with Crippen LogP contribution in [0.1, 0.15) is 17.7 Å². The minimum Gasteiger partial charge on any atom is -0.366 e. The van der Waals surface area contributed by atoms with Crippen molar-refractivity contribution in [3.8, 4) is 0 Å². The third kappa shape index (κ3) is 3.54. The first kappa shape index (κ1) is 17.6. The summed E-state index contributed by atoms with van der Waals surface area (Å²) >= 11 is 0. The molecular weight excluding hydrogens is 359 g/mol. The van der Waals surface area contributed by atoms with E-state index in [0.717, 1.165) is 31.5 Å². The van der Waals surface area contributed by atoms with E-state index in [1.54, 1.807) is 4.90 Å². The van der Waals surface area contributed by atoms with E-state index in [4.69, 9.17) is 0 Å². The van der Waals surface area contributed by atoms with Crippen LogP contribution in [0.15, 0.2) is 36.4 Å². The van der Waals surface area contributed by atoms with E-state index in [1.807, 2.05) is 12.1 Å². The largest absolute Gasteiger partial charge is 0.435 e. The predicted molar refractivity (Wildman–Crippen MR) is 93.5 cm³/mol. The number of halogens is 3. The smallest absolute Gasteiger partial charge is 0.366 e. The highest BCUT2D eigenvalue weighted by molar-refractivity contribution is 5.88. The van der Waals surface area contributed by atoms with Crippen molar-refractivity contribution in [1.29, 1.82) is 0 Å². The van der Waals surface area contributed by atoms with Crippen LogP contribution < -0.4 is 10.2 Å². The molecule has 3 heterocycles. The molecule has 2 aromatic rings. The molecule has 2 aliphatic heterocycles. The summed E-state index contributed by atoms with van der Waals surface area (Å²) in [7, 11) is 0. The van der Waals surface area contributed by atoms with Crippen LogP contribution in [0.4, 0.5) is 29.5 Å². The second-order valence-corrected chi connectivity index (χ2v) is 6.71. The second kappa shape index (κ2) is 6.71. The lowest BCUT2D eigenvalue weighted by Crippen LogP contribution is -2.43. The Morgan fingerprint density at radius 1 is 1.11 bits per heavy atom. The van der Waals surface area contributed by atoms with Gasteiger partial charge in [0.1, 0.15) is 0 Å². The maximum absolute atomic E-state index is 12.6. The summed E-state index contributed by atoms with van der Waals surface area (Å²) in [6.07, 6.45) is -2.86. The predicted octanol–water partition coefficient (Wildman–Crippen LogP) is 3.16. The number of anilines is 2. The van der Waals surface area contributed by atoms with Crippen molar-refractivity contribution in [2.75, 3.05) is 29.9 Å². The van der Waals surface area contributed by atoms with Crippen molar-refractivity contribution in [3.05, 3.63) is 47.7 Å². The summed E-state index contributed by atoms with van der Waals surface area (Å²) in [5, 5.41) is 9.14. The van der Waals surface area contributed by atoms with E-state index in [1.165, 1.54) is 11.3 Å². The summed E-state index contributed by atoms with van der Waals surface area (Å²) in [6.45, 7) is 2.00. The van der Waals surface area contributed by atoms with Crippen LogP contribution in [0.3, 0.4) is 0 Å². The Morgan fingerprint density at radius 2 is 1.93 bits per heavy atom. The molecular formula is C18H18F3N5O. The van der Waals surface area contributed by atoms with Gasteiger partial charge in [-0.15, -0.1) is 10.2 Å². The monoisotopic (exact) mass is 377 g/mol. The van der Waals surface area contributed by atoms with Crippen molar-refractivity contribution >= 4 is 17.5 Å². The van der Waals surface area contributed by atoms with E-state index in [-0.39, 0.29) is 17.9 Å². The molecule has 0 saturated carbocycles. The van der Waals surface area contributed by atoms with Crippen molar-refractivity contribution < 1.29 is 18.0 Å². The molecule has 1 N–H and O–H groups in total. The van der Waals surface area contributed by atoms with Crippen molar-refractivity contribution in [3.63, 3.8) is 0 Å². The third-order valence-corrected chi connectivity index (χ3v) is 4.93. The first-order valence-electron chi connectivity index (χ1n) is 8.73. The lowest BCUT2D eigenvalue weighted by molar-refractivity contribution is -0.141. The summed E-state index contributed by atoms with van der Waals surface area (Å²) in [4.78, 5) is 16.6. The molecule has 6 nitrogen and oxygen atoms in total. The fourth-order valence-corrected chi connectivity index (χ4v) is 3.69. The zero-order chi connectivity index (χ0) is 19.0. The van der Waals surface area contributed by atoms with Gasteiger partial charge in [-0.25, -0.2) is 4.79 Å². The second-order valence-electron chi connectivity index (χ2n) is 6.71. The number of amides is 2. The van der Waals surface area contributed by atoms with Gasteiger partial charge in [-0.3, -0.25) is 5.32 Å². The molecule has 0 unspecified atom stereocenters. The fourth-order valence-electron chi connectivity index (χ4n) is 3.69. The Morgan fingerprint density at radius 3 is 2.67 bits per heavy atom. The van der Waals surface area contributed by atoms with Gasteiger partial charge in [-0.1, -0.05) is 18.2 Å². The summed E-state index contributed by atoms with van der Waals surface area (Å²) in [5.74, 6) is 0.00353. The topological polar surface area (TPSA) is 61.4 Å². The molecule has 2 amide bonds. The van der Waals surface area contributed by atoms with Crippen LogP contribution in [0.2, 0.25) is 0 Å². The van der Waals surface area contributed by atoms with Crippen molar-refractivity contribution in [2.24, 2.45) is 0 Å². The minimum atomic E-state index is -4.55. The number of fused-ring (bicyclic) bond motifs is 3. The molecule has 9 heteroatoms. The summed E-state index contributed by atoms with van der Waals surface area (Å²) < 4.78 is 37.7. The third-order valence-electron chi connectivity index (χ3n) is 4.93. The molecule has 0 aliphatic carbocycles. The van der Waals surface area contributed by atoms with Crippen molar-refractivity contribution in [2.45, 2.75) is 25.1 Å². The van der Waals surface area contributed by atoms with Crippen LogP contribution in [-0.2, 0) is 12.6 Å². The molecule has 0 bridgehead atoms. The van der Waals surface area contributed by atoms with Gasteiger partial charge in [0.15, 0.2) is 11.5 Å². The number of benzene rings is 1. The van der Waals surface area contributed by atoms with Gasteiger partial charge in [0.2, 0.25) is 0 Å². The van der Waals surface area contributed by atoms with E-state index in [2.05, 4.69) is 32.5 Å². The van der Waals surface area contributed by atoms with E-state index in [9.17, 15) is 18.0 Å². The average molecular weight is 377 g/mol. The standard InChI is InChI=1S/C18H18F3N5O/c19-18(20,21)15-6-7-16(24-23-15)22-17(27)25-8-3-9-26-13(11-25)10-12-4-1-2-5-14(12)26/h1-2,4-7,13H,3,8-11H2,(H,22,24,27)/t13-/m1/s1. The highest BCUT2D eigenvalue weighted by Gasteiger charge is 2.34. The number of hydrogen-bond donors (Lipinski definition) is 1. The number of hydrogen-bond acceptors (Lipinski definition) is 4. The lowest BCUT2D eigenvalue weighted by atomic mass is 10.1. The lowest BCUT2D eigenvalue weighted by Gasteiger charge is -2.27. The first-order chi connectivity index (χ1) is 12.9. The molecule has 4 rings (SSSR count). The maximum Gasteiger partial charge on any atom is 0.435 e. The number of carbonyl (C=O) groups is 1. The minimum absolute atomic E-state index is 0.00353. The van der Waals surface area contributed by atoms with Crippen LogP contribution in [0.5, 0.6) is 0 Å². The summed E-state index contributed by atoms with van der Waals surface area (Å²) in [5.41, 5.74) is 1.41. The van der Waals surface area contributed by atoms with Crippen LogP contribution in [0, 0.1) is 0 Å². The Kier molecular flexibility index (Phi) is 4.37. The number of nitrogens with one attached hydrogen (secondary N) is 1. The van der Waals surface area contributed by atoms with Crippen LogP contribution in [0.25, 0.3) is 0 Å². The van der Waals surface area contributed by atoms with Crippen LogP contribution >= 0.6 is 0 Å². The molecule has 0 radical (unpaired) electrons. The number of urea groups is 1.